The molecule has 0 bridgehead atoms. The molecule has 0 amide bonds. The zero-order chi connectivity index (χ0) is 33.0. The van der Waals surface area contributed by atoms with Crippen LogP contribution in [0.15, 0.2) is 140 Å². The van der Waals surface area contributed by atoms with Gasteiger partial charge < -0.3 is 14.9 Å². The quantitative estimate of drug-likeness (QED) is 0.116. The summed E-state index contributed by atoms with van der Waals surface area (Å²) in [7, 11) is 0. The van der Waals surface area contributed by atoms with E-state index in [1.54, 1.807) is 0 Å². The Morgan fingerprint density at radius 1 is 0.460 bits per heavy atom. The van der Waals surface area contributed by atoms with Gasteiger partial charge in [-0.05, 0) is 50.5 Å². The fraction of sp³-hybridized carbons (Fsp3) is 0.224. The van der Waals surface area contributed by atoms with Gasteiger partial charge in [0.15, 0.2) is 0 Å². The molecule has 0 radical (unpaired) electrons. The minimum absolute atomic E-state index is 0. The monoisotopic (exact) mass is 820 g/mol. The fourth-order valence-electron chi connectivity index (χ4n) is 7.29. The average molecular weight is 819 g/mol. The molecule has 0 unspecified atom stereocenters. The molecule has 0 aliphatic rings. The fourth-order valence-corrected chi connectivity index (χ4v) is 7.29. The number of hydrogen-bond acceptors (Lipinski definition) is 0. The second-order valence-corrected chi connectivity index (χ2v) is 15.8. The van der Waals surface area contributed by atoms with Crippen LogP contribution in [0, 0.1) is 14.9 Å². The molecule has 0 saturated carbocycles. The maximum Gasteiger partial charge on any atom is 4.00 e. The molecule has 1 heteroatoms. The molecule has 0 atom stereocenters. The zero-order valence-corrected chi connectivity index (χ0v) is 35.1. The third kappa shape index (κ3) is 7.45. The standard InChI is InChI=1S/C47H46.2CH3.Hf/c1-45(2,3)37-21-11-17-33(25-37)41-23-13-19-35-27-39(29-43(35)41)47(7,31-32-15-9-8-10-16-32)40-28-36-20-14-24-42(44(36)30-40)34-18-12-22-38(26-34)46(4,5)6;;;/h8-30H,31H2,1-7H3;2*1H3;/q-2;2*-1;+4. The zero-order valence-electron chi connectivity index (χ0n) is 31.5. The molecule has 50 heavy (non-hydrogen) atoms. The molecule has 0 aliphatic carbocycles. The van der Waals surface area contributed by atoms with E-state index in [2.05, 4.69) is 188 Å². The summed E-state index contributed by atoms with van der Waals surface area (Å²) in [6.45, 7) is 16.2. The van der Waals surface area contributed by atoms with Crippen molar-refractivity contribution in [1.29, 1.82) is 0 Å². The molecular formula is C49H52Hf. The van der Waals surface area contributed by atoms with E-state index in [0.29, 0.717) is 0 Å². The Morgan fingerprint density at radius 2 is 0.880 bits per heavy atom. The largest absolute Gasteiger partial charge is 4.00 e. The van der Waals surface area contributed by atoms with Crippen LogP contribution in [-0.2, 0) is 48.5 Å². The Balaban J connectivity index is 0.00000187. The number of fused-ring (bicyclic) bond motifs is 2. The van der Waals surface area contributed by atoms with E-state index in [1.807, 2.05) is 0 Å². The third-order valence-electron chi connectivity index (χ3n) is 10.3. The Morgan fingerprint density at radius 3 is 1.30 bits per heavy atom. The summed E-state index contributed by atoms with van der Waals surface area (Å²) in [5, 5.41) is 5.25. The Labute approximate surface area is 321 Å². The van der Waals surface area contributed by atoms with Crippen molar-refractivity contribution in [2.75, 3.05) is 0 Å². The van der Waals surface area contributed by atoms with Crippen molar-refractivity contribution in [2.24, 2.45) is 0 Å². The molecule has 0 aliphatic heterocycles. The second kappa shape index (κ2) is 14.8. The molecule has 0 nitrogen and oxygen atoms in total. The van der Waals surface area contributed by atoms with Crippen LogP contribution in [0.25, 0.3) is 43.8 Å². The van der Waals surface area contributed by atoms with Gasteiger partial charge in [-0.3, -0.25) is 0 Å². The van der Waals surface area contributed by atoms with Crippen LogP contribution < -0.4 is 0 Å². The van der Waals surface area contributed by atoms with E-state index in [0.717, 1.165) is 6.42 Å². The van der Waals surface area contributed by atoms with E-state index in [1.165, 1.54) is 71.6 Å². The van der Waals surface area contributed by atoms with Gasteiger partial charge in [-0.1, -0.05) is 151 Å². The molecule has 0 N–H and O–H groups in total. The molecular weight excluding hydrogens is 767 g/mol. The molecule has 7 aromatic carbocycles. The van der Waals surface area contributed by atoms with Gasteiger partial charge in [0.05, 0.1) is 0 Å². The molecule has 0 saturated heterocycles. The van der Waals surface area contributed by atoms with Crippen molar-refractivity contribution in [3.8, 4) is 22.3 Å². The maximum absolute atomic E-state index is 2.47. The van der Waals surface area contributed by atoms with Gasteiger partial charge in [0.2, 0.25) is 0 Å². The third-order valence-corrected chi connectivity index (χ3v) is 10.3. The summed E-state index contributed by atoms with van der Waals surface area (Å²) in [6, 6.07) is 52.6. The molecule has 7 aromatic rings. The number of hydrogen-bond donors (Lipinski definition) is 0. The molecule has 0 spiro atoms. The van der Waals surface area contributed by atoms with Gasteiger partial charge in [-0.2, -0.15) is 12.1 Å². The van der Waals surface area contributed by atoms with Crippen molar-refractivity contribution in [2.45, 2.75) is 71.1 Å². The van der Waals surface area contributed by atoms with Crippen molar-refractivity contribution >= 4 is 21.5 Å². The van der Waals surface area contributed by atoms with Crippen LogP contribution >= 0.6 is 0 Å². The van der Waals surface area contributed by atoms with E-state index < -0.39 is 0 Å². The molecule has 7 rings (SSSR count). The van der Waals surface area contributed by atoms with E-state index in [4.69, 9.17) is 0 Å². The minimum atomic E-state index is -0.228. The molecule has 0 fully saturated rings. The van der Waals surface area contributed by atoms with E-state index >= 15 is 0 Å². The Hall–Kier alpha value is -3.81. The predicted octanol–water partition coefficient (Wildman–Crippen LogP) is 13.8. The van der Waals surface area contributed by atoms with Gasteiger partial charge in [-0.25, -0.2) is 0 Å². The first kappa shape index (κ1) is 39.0. The van der Waals surface area contributed by atoms with Crippen LogP contribution in [0.3, 0.4) is 0 Å². The van der Waals surface area contributed by atoms with Crippen molar-refractivity contribution < 1.29 is 25.8 Å². The van der Waals surface area contributed by atoms with Crippen LogP contribution in [0.4, 0.5) is 0 Å². The molecule has 252 valence electrons. The second-order valence-electron chi connectivity index (χ2n) is 15.8. The normalized spacial score (nSPS) is 11.9. The van der Waals surface area contributed by atoms with Gasteiger partial charge in [-0.15, -0.1) is 69.1 Å². The first-order chi connectivity index (χ1) is 22.4. The van der Waals surface area contributed by atoms with Crippen LogP contribution in [0.5, 0.6) is 0 Å². The first-order valence-corrected chi connectivity index (χ1v) is 17.1. The summed E-state index contributed by atoms with van der Waals surface area (Å²) in [5.74, 6) is 0. The van der Waals surface area contributed by atoms with Gasteiger partial charge in [0, 0.05) is 0 Å². The summed E-state index contributed by atoms with van der Waals surface area (Å²) in [5.41, 5.74) is 11.9. The Kier molecular flexibility index (Phi) is 11.5. The minimum Gasteiger partial charge on any atom is -0.358 e. The maximum atomic E-state index is 2.47. The summed E-state index contributed by atoms with van der Waals surface area (Å²) in [4.78, 5) is 0. The van der Waals surface area contributed by atoms with Gasteiger partial charge >= 0.3 is 25.8 Å². The van der Waals surface area contributed by atoms with Crippen LogP contribution in [0.2, 0.25) is 0 Å². The SMILES string of the molecule is CC(C)(C)c1cccc(-c2cccc3[cH-]c(C(C)(Cc4ccccc4)c4cc5c(-c6cccc(C(C)(C)C)c6)cccc5[cH-]4)cc23)c1.[CH3-].[CH3-].[Hf+4]. The molecule has 0 aromatic heterocycles. The summed E-state index contributed by atoms with van der Waals surface area (Å²) >= 11 is 0. The molecule has 0 heterocycles. The van der Waals surface area contributed by atoms with Crippen LogP contribution in [0.1, 0.15) is 76.3 Å². The first-order valence-electron chi connectivity index (χ1n) is 17.1. The van der Waals surface area contributed by atoms with E-state index in [9.17, 15) is 0 Å². The number of benzene rings is 5. The van der Waals surface area contributed by atoms with Gasteiger partial charge in [0.25, 0.3) is 0 Å². The summed E-state index contributed by atoms with van der Waals surface area (Å²) in [6.07, 6.45) is 0.921. The van der Waals surface area contributed by atoms with Crippen molar-refractivity contribution in [1.82, 2.24) is 0 Å². The topological polar surface area (TPSA) is 0 Å². The average Bonchev–Trinajstić information content (AvgIpc) is 3.70. The van der Waals surface area contributed by atoms with E-state index in [-0.39, 0.29) is 56.9 Å². The number of rotatable bonds is 6. The smallest absolute Gasteiger partial charge is 0.358 e. The van der Waals surface area contributed by atoms with Crippen molar-refractivity contribution in [3.05, 3.63) is 182 Å². The van der Waals surface area contributed by atoms with Crippen molar-refractivity contribution in [3.63, 3.8) is 0 Å². The Bertz CT molecular complexity index is 2050. The predicted molar refractivity (Wildman–Crippen MR) is 217 cm³/mol. The van der Waals surface area contributed by atoms with Gasteiger partial charge in [0.1, 0.15) is 0 Å². The van der Waals surface area contributed by atoms with Crippen LogP contribution in [-0.4, -0.2) is 0 Å². The summed E-state index contributed by atoms with van der Waals surface area (Å²) < 4.78 is 0.